The first-order valence-corrected chi connectivity index (χ1v) is 6.78. The first kappa shape index (κ1) is 13.9. The number of amides is 1. The molecule has 2 rings (SSSR count). The van der Waals surface area contributed by atoms with Crippen LogP contribution in [-0.4, -0.2) is 37.6 Å². The van der Waals surface area contributed by atoms with Crippen LogP contribution in [0.1, 0.15) is 24.8 Å². The van der Waals surface area contributed by atoms with Gasteiger partial charge in [-0.2, -0.15) is 0 Å². The molecule has 2 unspecified atom stereocenters. The molecule has 1 fully saturated rings. The molecular weight excluding hydrogens is 240 g/mol. The van der Waals surface area contributed by atoms with E-state index in [-0.39, 0.29) is 11.8 Å². The average Bonchev–Trinajstić information content (AvgIpc) is 2.94. The van der Waals surface area contributed by atoms with Crippen LogP contribution in [0, 0.1) is 5.92 Å². The summed E-state index contributed by atoms with van der Waals surface area (Å²) in [6.45, 7) is 4.24. The van der Waals surface area contributed by atoms with E-state index >= 15 is 0 Å². The standard InChI is InChI=1S/C15H22N2O2/c1-11(13-4-3-5-14(8-13)19-2)15(18)17-7-6-12(9-16)10-17/h3-5,8,11-12H,6-7,9-10,16H2,1-2H3. The number of methoxy groups -OCH3 is 1. The van der Waals surface area contributed by atoms with Gasteiger partial charge in [0.25, 0.3) is 0 Å². The third-order valence-corrected chi connectivity index (χ3v) is 3.90. The fourth-order valence-electron chi connectivity index (χ4n) is 2.55. The molecule has 1 aromatic carbocycles. The van der Waals surface area contributed by atoms with Crippen LogP contribution < -0.4 is 10.5 Å². The lowest BCUT2D eigenvalue weighted by Crippen LogP contribution is -2.33. The SMILES string of the molecule is COc1cccc(C(C)C(=O)N2CCC(CN)C2)c1. The van der Waals surface area contributed by atoms with E-state index in [1.54, 1.807) is 7.11 Å². The fraction of sp³-hybridized carbons (Fsp3) is 0.533. The summed E-state index contributed by atoms with van der Waals surface area (Å²) in [5.41, 5.74) is 6.67. The Balaban J connectivity index is 2.06. The molecule has 1 saturated heterocycles. The molecule has 0 saturated carbocycles. The maximum Gasteiger partial charge on any atom is 0.229 e. The number of carbonyl (C=O) groups excluding carboxylic acids is 1. The summed E-state index contributed by atoms with van der Waals surface area (Å²) in [5, 5.41) is 0. The van der Waals surface area contributed by atoms with Gasteiger partial charge in [-0.3, -0.25) is 4.79 Å². The van der Waals surface area contributed by atoms with Crippen molar-refractivity contribution in [3.05, 3.63) is 29.8 Å². The van der Waals surface area contributed by atoms with Gasteiger partial charge in [0.05, 0.1) is 13.0 Å². The normalized spacial score (nSPS) is 20.4. The number of hydrogen-bond donors (Lipinski definition) is 1. The van der Waals surface area contributed by atoms with Crippen LogP contribution in [0.5, 0.6) is 5.75 Å². The highest BCUT2D eigenvalue weighted by Crippen LogP contribution is 2.25. The maximum atomic E-state index is 12.5. The number of benzene rings is 1. The minimum atomic E-state index is -0.133. The predicted octanol–water partition coefficient (Wildman–Crippen LogP) is 1.61. The first-order chi connectivity index (χ1) is 9.15. The zero-order chi connectivity index (χ0) is 13.8. The number of ether oxygens (including phenoxy) is 1. The summed E-state index contributed by atoms with van der Waals surface area (Å²) >= 11 is 0. The van der Waals surface area contributed by atoms with E-state index in [2.05, 4.69) is 0 Å². The monoisotopic (exact) mass is 262 g/mol. The van der Waals surface area contributed by atoms with Crippen LogP contribution >= 0.6 is 0 Å². The largest absolute Gasteiger partial charge is 0.497 e. The van der Waals surface area contributed by atoms with E-state index < -0.39 is 0 Å². The Morgan fingerprint density at radius 3 is 3.00 bits per heavy atom. The zero-order valence-corrected chi connectivity index (χ0v) is 11.6. The molecule has 19 heavy (non-hydrogen) atoms. The maximum absolute atomic E-state index is 12.5. The van der Waals surface area contributed by atoms with Crippen LogP contribution in [-0.2, 0) is 4.79 Å². The highest BCUT2D eigenvalue weighted by Gasteiger charge is 2.28. The Bertz CT molecular complexity index is 448. The van der Waals surface area contributed by atoms with Gasteiger partial charge in [0.1, 0.15) is 5.75 Å². The van der Waals surface area contributed by atoms with Crippen LogP contribution in [0.4, 0.5) is 0 Å². The molecule has 1 aliphatic rings. The lowest BCUT2D eigenvalue weighted by atomic mass is 9.99. The highest BCUT2D eigenvalue weighted by molar-refractivity contribution is 5.83. The number of carbonyl (C=O) groups is 1. The highest BCUT2D eigenvalue weighted by atomic mass is 16.5. The van der Waals surface area contributed by atoms with Crippen molar-refractivity contribution in [3.8, 4) is 5.75 Å². The molecule has 4 heteroatoms. The lowest BCUT2D eigenvalue weighted by Gasteiger charge is -2.21. The van der Waals surface area contributed by atoms with Crippen molar-refractivity contribution in [2.24, 2.45) is 11.7 Å². The molecule has 1 heterocycles. The van der Waals surface area contributed by atoms with Crippen molar-refractivity contribution < 1.29 is 9.53 Å². The third kappa shape index (κ3) is 3.07. The second-order valence-corrected chi connectivity index (χ2v) is 5.17. The summed E-state index contributed by atoms with van der Waals surface area (Å²) in [6, 6.07) is 7.71. The van der Waals surface area contributed by atoms with E-state index in [9.17, 15) is 4.79 Å². The summed E-state index contributed by atoms with van der Waals surface area (Å²) in [4.78, 5) is 14.4. The smallest absolute Gasteiger partial charge is 0.229 e. The van der Waals surface area contributed by atoms with Gasteiger partial charge in [0.15, 0.2) is 0 Å². The predicted molar refractivity (Wildman–Crippen MR) is 75.2 cm³/mol. The molecule has 0 spiro atoms. The molecule has 0 aliphatic carbocycles. The minimum absolute atomic E-state index is 0.133. The summed E-state index contributed by atoms with van der Waals surface area (Å²) < 4.78 is 5.20. The van der Waals surface area contributed by atoms with E-state index in [1.807, 2.05) is 36.1 Å². The number of hydrogen-bond acceptors (Lipinski definition) is 3. The Morgan fingerprint density at radius 2 is 2.37 bits per heavy atom. The van der Waals surface area contributed by atoms with Gasteiger partial charge in [-0.1, -0.05) is 12.1 Å². The third-order valence-electron chi connectivity index (χ3n) is 3.90. The van der Waals surface area contributed by atoms with Crippen molar-refractivity contribution >= 4 is 5.91 Å². The Morgan fingerprint density at radius 1 is 1.58 bits per heavy atom. The van der Waals surface area contributed by atoms with Crippen LogP contribution in [0.3, 0.4) is 0 Å². The Kier molecular flexibility index (Phi) is 4.43. The molecule has 2 atom stereocenters. The van der Waals surface area contributed by atoms with E-state index in [0.29, 0.717) is 12.5 Å². The molecule has 2 N–H and O–H groups in total. The van der Waals surface area contributed by atoms with Gasteiger partial charge >= 0.3 is 0 Å². The lowest BCUT2D eigenvalue weighted by molar-refractivity contribution is -0.131. The van der Waals surface area contributed by atoms with Crippen molar-refractivity contribution in [1.82, 2.24) is 4.90 Å². The minimum Gasteiger partial charge on any atom is -0.497 e. The summed E-state index contributed by atoms with van der Waals surface area (Å²) in [5.74, 6) is 1.30. The van der Waals surface area contributed by atoms with Crippen molar-refractivity contribution in [2.75, 3.05) is 26.7 Å². The molecule has 1 aliphatic heterocycles. The van der Waals surface area contributed by atoms with Gasteiger partial charge in [0, 0.05) is 13.1 Å². The van der Waals surface area contributed by atoms with Crippen molar-refractivity contribution in [2.45, 2.75) is 19.3 Å². The van der Waals surface area contributed by atoms with Crippen LogP contribution in [0.15, 0.2) is 24.3 Å². The van der Waals surface area contributed by atoms with Crippen LogP contribution in [0.2, 0.25) is 0 Å². The Labute approximate surface area is 114 Å². The summed E-state index contributed by atoms with van der Waals surface area (Å²) in [6.07, 6.45) is 1.02. The first-order valence-electron chi connectivity index (χ1n) is 6.78. The van der Waals surface area contributed by atoms with Crippen LogP contribution in [0.25, 0.3) is 0 Å². The van der Waals surface area contributed by atoms with Crippen molar-refractivity contribution in [3.63, 3.8) is 0 Å². The molecule has 1 aromatic rings. The topological polar surface area (TPSA) is 55.6 Å². The molecule has 1 amide bonds. The quantitative estimate of drug-likeness (QED) is 0.897. The second kappa shape index (κ2) is 6.06. The van der Waals surface area contributed by atoms with Gasteiger partial charge < -0.3 is 15.4 Å². The average molecular weight is 262 g/mol. The molecule has 0 bridgehead atoms. The molecule has 4 nitrogen and oxygen atoms in total. The molecule has 0 aromatic heterocycles. The van der Waals surface area contributed by atoms with Gasteiger partial charge in [0.2, 0.25) is 5.91 Å². The van der Waals surface area contributed by atoms with E-state index in [4.69, 9.17) is 10.5 Å². The molecular formula is C15H22N2O2. The molecule has 0 radical (unpaired) electrons. The second-order valence-electron chi connectivity index (χ2n) is 5.17. The number of likely N-dealkylation sites (tertiary alicyclic amines) is 1. The zero-order valence-electron chi connectivity index (χ0n) is 11.6. The van der Waals surface area contributed by atoms with Crippen molar-refractivity contribution in [1.29, 1.82) is 0 Å². The van der Waals surface area contributed by atoms with Gasteiger partial charge in [-0.15, -0.1) is 0 Å². The number of nitrogens with zero attached hydrogens (tertiary/aromatic N) is 1. The van der Waals surface area contributed by atoms with E-state index in [1.165, 1.54) is 0 Å². The number of rotatable bonds is 4. The Hall–Kier alpha value is -1.55. The van der Waals surface area contributed by atoms with Gasteiger partial charge in [-0.25, -0.2) is 0 Å². The van der Waals surface area contributed by atoms with E-state index in [0.717, 1.165) is 30.8 Å². The molecule has 104 valence electrons. The van der Waals surface area contributed by atoms with Gasteiger partial charge in [-0.05, 0) is 43.5 Å². The summed E-state index contributed by atoms with van der Waals surface area (Å²) in [7, 11) is 1.64. The fourth-order valence-corrected chi connectivity index (χ4v) is 2.55. The number of nitrogens with two attached hydrogens (primary N) is 1.